The molecule has 8 nitrogen and oxygen atoms in total. The summed E-state index contributed by atoms with van der Waals surface area (Å²) in [4.78, 5) is 27.3. The van der Waals surface area contributed by atoms with Crippen LogP contribution in [0.4, 0.5) is 5.69 Å². The minimum Gasteiger partial charge on any atom is -0.331 e. The van der Waals surface area contributed by atoms with Crippen molar-refractivity contribution >= 4 is 17.5 Å². The zero-order valence-corrected chi connectivity index (χ0v) is 16.4. The molecule has 1 N–H and O–H groups in total. The second-order valence-electron chi connectivity index (χ2n) is 7.18. The van der Waals surface area contributed by atoms with Crippen LogP contribution in [0.1, 0.15) is 25.0 Å². The average molecular weight is 392 g/mol. The highest BCUT2D eigenvalue weighted by atomic mass is 16.2. The Morgan fingerprint density at radius 2 is 2.07 bits per heavy atom. The molecule has 1 aliphatic rings. The maximum Gasteiger partial charge on any atom is 0.247 e. The Kier molecular flexibility index (Phi) is 5.41. The third kappa shape index (κ3) is 4.21. The average Bonchev–Trinajstić information content (AvgIpc) is 3.48. The predicted octanol–water partition coefficient (Wildman–Crippen LogP) is 2.17. The maximum absolute atomic E-state index is 12.9. The number of carbonyl (C=O) groups excluding carboxylic acids is 2. The smallest absolute Gasteiger partial charge is 0.247 e. The summed E-state index contributed by atoms with van der Waals surface area (Å²) in [6.45, 7) is 0.621. The number of hydrogen-bond donors (Lipinski definition) is 1. The fraction of sp³-hybridized carbons (Fsp3) is 0.333. The van der Waals surface area contributed by atoms with E-state index in [1.165, 1.54) is 0 Å². The second kappa shape index (κ2) is 8.30. The molecule has 8 heteroatoms. The summed E-state index contributed by atoms with van der Waals surface area (Å²) in [5.74, 6) is -0.136. The molecular weight excluding hydrogens is 368 g/mol. The molecule has 3 aromatic rings. The first-order chi connectivity index (χ1) is 14.1. The minimum atomic E-state index is -0.428. The summed E-state index contributed by atoms with van der Waals surface area (Å²) in [5, 5.41) is 11.3. The largest absolute Gasteiger partial charge is 0.331 e. The van der Waals surface area contributed by atoms with E-state index < -0.39 is 6.04 Å². The predicted molar refractivity (Wildman–Crippen MR) is 108 cm³/mol. The maximum atomic E-state index is 12.9. The van der Waals surface area contributed by atoms with Crippen molar-refractivity contribution in [3.63, 3.8) is 0 Å². The normalized spacial score (nSPS) is 16.2. The van der Waals surface area contributed by atoms with Crippen molar-refractivity contribution in [3.05, 3.63) is 60.7 Å². The highest BCUT2D eigenvalue weighted by Crippen LogP contribution is 2.22. The van der Waals surface area contributed by atoms with E-state index in [1.54, 1.807) is 26.7 Å². The van der Waals surface area contributed by atoms with Gasteiger partial charge in [-0.25, -0.2) is 4.68 Å². The fourth-order valence-electron chi connectivity index (χ4n) is 3.74. The van der Waals surface area contributed by atoms with Gasteiger partial charge in [0.05, 0.1) is 5.69 Å². The first kappa shape index (κ1) is 18.9. The van der Waals surface area contributed by atoms with Crippen LogP contribution in [0.2, 0.25) is 0 Å². The van der Waals surface area contributed by atoms with Crippen molar-refractivity contribution < 1.29 is 9.59 Å². The van der Waals surface area contributed by atoms with Crippen LogP contribution in [0.3, 0.4) is 0 Å². The molecular formula is C21H24N6O2. The third-order valence-corrected chi connectivity index (χ3v) is 5.28. The summed E-state index contributed by atoms with van der Waals surface area (Å²) in [5.41, 5.74) is 2.56. The number of carbonyl (C=O) groups is 2. The van der Waals surface area contributed by atoms with Gasteiger partial charge in [0.2, 0.25) is 11.8 Å². The quantitative estimate of drug-likeness (QED) is 0.697. The molecule has 0 saturated carbocycles. The summed E-state index contributed by atoms with van der Waals surface area (Å²) in [7, 11) is 1.86. The highest BCUT2D eigenvalue weighted by molar-refractivity contribution is 5.97. The Morgan fingerprint density at radius 1 is 1.17 bits per heavy atom. The van der Waals surface area contributed by atoms with Gasteiger partial charge in [0.25, 0.3) is 0 Å². The summed E-state index contributed by atoms with van der Waals surface area (Å²) < 4.78 is 3.51. The molecule has 29 heavy (non-hydrogen) atoms. The van der Waals surface area contributed by atoms with Crippen LogP contribution < -0.4 is 5.32 Å². The molecule has 1 unspecified atom stereocenters. The Morgan fingerprint density at radius 3 is 2.83 bits per heavy atom. The van der Waals surface area contributed by atoms with Crippen molar-refractivity contribution in [1.29, 1.82) is 0 Å². The summed E-state index contributed by atoms with van der Waals surface area (Å²) in [6.07, 6.45) is 7.79. The molecule has 1 atom stereocenters. The molecule has 4 rings (SSSR count). The Hall–Kier alpha value is -3.42. The lowest BCUT2D eigenvalue weighted by molar-refractivity contribution is -0.136. The topological polar surface area (TPSA) is 85.0 Å². The molecule has 0 spiro atoms. The van der Waals surface area contributed by atoms with Crippen LogP contribution in [-0.4, -0.2) is 48.9 Å². The number of hydrogen-bond acceptors (Lipinski definition) is 4. The first-order valence-electron chi connectivity index (χ1n) is 9.79. The van der Waals surface area contributed by atoms with Crippen molar-refractivity contribution in [2.75, 3.05) is 11.9 Å². The van der Waals surface area contributed by atoms with Gasteiger partial charge in [0.15, 0.2) is 0 Å². The van der Waals surface area contributed by atoms with Crippen molar-refractivity contribution in [3.8, 4) is 5.69 Å². The number of amides is 2. The fourth-order valence-corrected chi connectivity index (χ4v) is 3.74. The van der Waals surface area contributed by atoms with E-state index in [-0.39, 0.29) is 11.8 Å². The van der Waals surface area contributed by atoms with E-state index >= 15 is 0 Å². The Labute approximate surface area is 169 Å². The van der Waals surface area contributed by atoms with Gasteiger partial charge < -0.3 is 10.2 Å². The van der Waals surface area contributed by atoms with E-state index in [1.807, 2.05) is 49.6 Å². The van der Waals surface area contributed by atoms with E-state index in [2.05, 4.69) is 15.5 Å². The number of anilines is 1. The molecule has 2 aromatic heterocycles. The number of nitrogens with zero attached hydrogens (tertiary/aromatic N) is 5. The van der Waals surface area contributed by atoms with Gasteiger partial charge >= 0.3 is 0 Å². The van der Waals surface area contributed by atoms with Crippen LogP contribution in [0.25, 0.3) is 5.69 Å². The van der Waals surface area contributed by atoms with Crippen molar-refractivity contribution in [2.45, 2.75) is 31.7 Å². The second-order valence-corrected chi connectivity index (χ2v) is 7.18. The molecule has 2 amide bonds. The lowest BCUT2D eigenvalue weighted by Crippen LogP contribution is -2.43. The zero-order chi connectivity index (χ0) is 20.2. The number of aryl methyl sites for hydroxylation is 2. The molecule has 1 aliphatic heterocycles. The van der Waals surface area contributed by atoms with Gasteiger partial charge in [-0.3, -0.25) is 14.3 Å². The van der Waals surface area contributed by atoms with Crippen LogP contribution in [0.5, 0.6) is 0 Å². The van der Waals surface area contributed by atoms with Crippen molar-refractivity contribution in [1.82, 2.24) is 24.5 Å². The van der Waals surface area contributed by atoms with Crippen LogP contribution in [-0.2, 0) is 23.1 Å². The Bertz CT molecular complexity index is 994. The van der Waals surface area contributed by atoms with Gasteiger partial charge in [-0.1, -0.05) is 6.07 Å². The monoisotopic (exact) mass is 392 g/mol. The van der Waals surface area contributed by atoms with E-state index in [0.29, 0.717) is 31.5 Å². The van der Waals surface area contributed by atoms with Crippen LogP contribution in [0, 0.1) is 0 Å². The summed E-state index contributed by atoms with van der Waals surface area (Å²) in [6, 6.07) is 10.8. The minimum absolute atomic E-state index is 0.00846. The summed E-state index contributed by atoms with van der Waals surface area (Å²) >= 11 is 0. The van der Waals surface area contributed by atoms with Gasteiger partial charge in [-0.15, -0.1) is 0 Å². The van der Waals surface area contributed by atoms with E-state index in [4.69, 9.17) is 0 Å². The van der Waals surface area contributed by atoms with Gasteiger partial charge in [0, 0.05) is 50.0 Å². The van der Waals surface area contributed by atoms with E-state index in [0.717, 1.165) is 17.8 Å². The zero-order valence-electron chi connectivity index (χ0n) is 16.4. The molecule has 0 aliphatic carbocycles. The Balaban J connectivity index is 1.39. The number of benzene rings is 1. The van der Waals surface area contributed by atoms with E-state index in [9.17, 15) is 9.59 Å². The lowest BCUT2D eigenvalue weighted by atomic mass is 10.1. The van der Waals surface area contributed by atoms with Crippen LogP contribution >= 0.6 is 0 Å². The van der Waals surface area contributed by atoms with Crippen molar-refractivity contribution in [2.24, 2.45) is 7.05 Å². The van der Waals surface area contributed by atoms with Gasteiger partial charge in [-0.05, 0) is 49.6 Å². The SMILES string of the molecule is Cn1nccc1CCC(=O)N1CCCC1C(=O)Nc1cccc(-n2cccn2)c1. The molecule has 3 heterocycles. The number of nitrogens with one attached hydrogen (secondary N) is 1. The molecule has 150 valence electrons. The highest BCUT2D eigenvalue weighted by Gasteiger charge is 2.33. The third-order valence-electron chi connectivity index (χ3n) is 5.28. The standard InChI is InChI=1S/C21H24N6O2/c1-25-17(10-12-22-25)8-9-20(28)26-13-3-7-19(26)21(29)24-16-5-2-6-18(15-16)27-14-4-11-23-27/h2,4-6,10-12,14-15,19H,3,7-9,13H2,1H3,(H,24,29). The van der Waals surface area contributed by atoms with Gasteiger partial charge in [-0.2, -0.15) is 10.2 Å². The molecule has 1 saturated heterocycles. The number of aromatic nitrogens is 4. The van der Waals surface area contributed by atoms with Gasteiger partial charge in [0.1, 0.15) is 6.04 Å². The first-order valence-corrected chi connectivity index (χ1v) is 9.79. The molecule has 0 radical (unpaired) electrons. The number of likely N-dealkylation sites (tertiary alicyclic amines) is 1. The molecule has 1 aromatic carbocycles. The molecule has 0 bridgehead atoms. The van der Waals surface area contributed by atoms with Crippen LogP contribution in [0.15, 0.2) is 55.0 Å². The lowest BCUT2D eigenvalue weighted by Gasteiger charge is -2.24. The molecule has 1 fully saturated rings. The number of rotatable bonds is 6.